The molecule has 0 radical (unpaired) electrons. The van der Waals surface area contributed by atoms with Gasteiger partial charge in [-0.2, -0.15) is 0 Å². The molecule has 0 spiro atoms. The Kier molecular flexibility index (Phi) is 5.30. The molecule has 1 aliphatic heterocycles. The van der Waals surface area contributed by atoms with Gasteiger partial charge in [-0.3, -0.25) is 4.57 Å². The van der Waals surface area contributed by atoms with Crippen LogP contribution in [0.25, 0.3) is 0 Å². The van der Waals surface area contributed by atoms with Crippen LogP contribution in [-0.2, 0) is 17.9 Å². The number of methoxy groups -OCH3 is 1. The summed E-state index contributed by atoms with van der Waals surface area (Å²) in [6.07, 6.45) is 2.28. The van der Waals surface area contributed by atoms with Gasteiger partial charge in [-0.15, -0.1) is 10.2 Å². The van der Waals surface area contributed by atoms with Crippen LogP contribution in [0.2, 0.25) is 0 Å². The molecular formula is C17H23FN4O2. The van der Waals surface area contributed by atoms with Gasteiger partial charge in [-0.05, 0) is 31.9 Å². The Morgan fingerprint density at radius 1 is 1.21 bits per heavy atom. The van der Waals surface area contributed by atoms with Crippen LogP contribution in [0.4, 0.5) is 10.3 Å². The highest BCUT2D eigenvalue weighted by Gasteiger charge is 2.23. The zero-order valence-electron chi connectivity index (χ0n) is 14.1. The van der Waals surface area contributed by atoms with Crippen LogP contribution in [0, 0.1) is 5.82 Å². The third-order valence-electron chi connectivity index (χ3n) is 4.38. The van der Waals surface area contributed by atoms with Crippen LogP contribution in [0.1, 0.15) is 25.6 Å². The van der Waals surface area contributed by atoms with E-state index in [9.17, 15) is 4.39 Å². The van der Waals surface area contributed by atoms with E-state index in [1.165, 1.54) is 6.07 Å². The van der Waals surface area contributed by atoms with Gasteiger partial charge in [0.2, 0.25) is 5.95 Å². The van der Waals surface area contributed by atoms with E-state index in [2.05, 4.69) is 15.1 Å². The quantitative estimate of drug-likeness (QED) is 0.813. The third-order valence-corrected chi connectivity index (χ3v) is 4.38. The van der Waals surface area contributed by atoms with Crippen LogP contribution in [-0.4, -0.2) is 41.1 Å². The van der Waals surface area contributed by atoms with Crippen molar-refractivity contribution in [1.82, 2.24) is 14.8 Å². The second kappa shape index (κ2) is 7.61. The molecule has 24 heavy (non-hydrogen) atoms. The summed E-state index contributed by atoms with van der Waals surface area (Å²) in [5.41, 5.74) is 0. The van der Waals surface area contributed by atoms with Crippen molar-refractivity contribution in [3.63, 3.8) is 0 Å². The van der Waals surface area contributed by atoms with E-state index >= 15 is 0 Å². The largest absolute Gasteiger partial charge is 0.483 e. The molecule has 0 amide bonds. The molecule has 0 saturated carbocycles. The minimum atomic E-state index is -0.373. The molecule has 3 rings (SSSR count). The Morgan fingerprint density at radius 2 is 1.96 bits per heavy atom. The average Bonchev–Trinajstić information content (AvgIpc) is 3.04. The van der Waals surface area contributed by atoms with Crippen LogP contribution in [0.5, 0.6) is 5.75 Å². The van der Waals surface area contributed by atoms with Crippen LogP contribution in [0.15, 0.2) is 24.3 Å². The summed E-state index contributed by atoms with van der Waals surface area (Å²) in [5, 5.41) is 8.56. The van der Waals surface area contributed by atoms with E-state index in [1.807, 2.05) is 11.5 Å². The summed E-state index contributed by atoms with van der Waals surface area (Å²) >= 11 is 0. The molecular weight excluding hydrogens is 311 g/mol. The van der Waals surface area contributed by atoms with Gasteiger partial charge in [0.1, 0.15) is 6.61 Å². The monoisotopic (exact) mass is 334 g/mol. The fourth-order valence-electron chi connectivity index (χ4n) is 2.99. The molecule has 1 saturated heterocycles. The first-order chi connectivity index (χ1) is 11.7. The fraction of sp³-hybridized carbons (Fsp3) is 0.529. The van der Waals surface area contributed by atoms with Crippen molar-refractivity contribution >= 4 is 5.95 Å². The Bertz CT molecular complexity index is 668. The average molecular weight is 334 g/mol. The number of hydrogen-bond acceptors (Lipinski definition) is 5. The summed E-state index contributed by atoms with van der Waals surface area (Å²) in [4.78, 5) is 2.22. The van der Waals surface area contributed by atoms with Crippen molar-refractivity contribution in [2.75, 3.05) is 25.1 Å². The molecule has 1 fully saturated rings. The third kappa shape index (κ3) is 3.51. The summed E-state index contributed by atoms with van der Waals surface area (Å²) in [6.45, 7) is 4.76. The number of nitrogens with zero attached hydrogens (tertiary/aromatic N) is 4. The second-order valence-electron chi connectivity index (χ2n) is 5.80. The predicted molar refractivity (Wildman–Crippen MR) is 88.7 cm³/mol. The number of ether oxygens (including phenoxy) is 2. The van der Waals surface area contributed by atoms with Crippen molar-refractivity contribution < 1.29 is 13.9 Å². The number of hydrogen-bond donors (Lipinski definition) is 0. The number of rotatable bonds is 6. The Morgan fingerprint density at radius 3 is 2.62 bits per heavy atom. The van der Waals surface area contributed by atoms with Gasteiger partial charge >= 0.3 is 0 Å². The van der Waals surface area contributed by atoms with E-state index in [0.29, 0.717) is 11.9 Å². The molecule has 130 valence electrons. The Labute approximate surface area is 141 Å². The van der Waals surface area contributed by atoms with Crippen molar-refractivity contribution in [2.45, 2.75) is 39.0 Å². The lowest BCUT2D eigenvalue weighted by molar-refractivity contribution is 0.0815. The number of benzene rings is 1. The molecule has 7 heteroatoms. The molecule has 0 atom stereocenters. The fourth-order valence-corrected chi connectivity index (χ4v) is 2.99. The molecule has 2 heterocycles. The van der Waals surface area contributed by atoms with Gasteiger partial charge < -0.3 is 14.4 Å². The first-order valence-electron chi connectivity index (χ1n) is 8.30. The summed E-state index contributed by atoms with van der Waals surface area (Å²) in [5.74, 6) is 1.40. The molecule has 1 aromatic carbocycles. The highest BCUT2D eigenvalue weighted by molar-refractivity contribution is 5.32. The summed E-state index contributed by atoms with van der Waals surface area (Å²) in [6, 6.07) is 6.37. The maximum atomic E-state index is 13.7. The molecule has 0 aliphatic carbocycles. The van der Waals surface area contributed by atoms with Gasteiger partial charge in [0.05, 0.1) is 6.10 Å². The normalized spacial score (nSPS) is 15.7. The zero-order chi connectivity index (χ0) is 16.9. The highest BCUT2D eigenvalue weighted by atomic mass is 19.1. The zero-order valence-corrected chi connectivity index (χ0v) is 14.1. The molecule has 0 N–H and O–H groups in total. The van der Waals surface area contributed by atoms with Gasteiger partial charge in [-0.1, -0.05) is 12.1 Å². The topological polar surface area (TPSA) is 52.4 Å². The lowest BCUT2D eigenvalue weighted by atomic mass is 10.1. The second-order valence-corrected chi connectivity index (χ2v) is 5.80. The lowest BCUT2D eigenvalue weighted by Gasteiger charge is -2.31. The lowest BCUT2D eigenvalue weighted by Crippen LogP contribution is -2.38. The van der Waals surface area contributed by atoms with Crippen LogP contribution in [0.3, 0.4) is 0 Å². The van der Waals surface area contributed by atoms with Crippen LogP contribution < -0.4 is 9.64 Å². The number of piperidine rings is 1. The van der Waals surface area contributed by atoms with E-state index in [0.717, 1.165) is 38.4 Å². The van der Waals surface area contributed by atoms with E-state index < -0.39 is 0 Å². The van der Waals surface area contributed by atoms with Crippen molar-refractivity contribution in [3.05, 3.63) is 35.9 Å². The smallest absolute Gasteiger partial charge is 0.227 e. The molecule has 6 nitrogen and oxygen atoms in total. The minimum absolute atomic E-state index is 0.191. The summed E-state index contributed by atoms with van der Waals surface area (Å²) in [7, 11) is 1.76. The van der Waals surface area contributed by atoms with Gasteiger partial charge in [0, 0.05) is 26.7 Å². The predicted octanol–water partition coefficient (Wildman–Crippen LogP) is 2.63. The van der Waals surface area contributed by atoms with Gasteiger partial charge in [0.25, 0.3) is 0 Å². The minimum Gasteiger partial charge on any atom is -0.483 e. The maximum absolute atomic E-state index is 13.7. The van der Waals surface area contributed by atoms with E-state index in [-0.39, 0.29) is 18.2 Å². The molecule has 1 aliphatic rings. The number of halogens is 1. The number of para-hydroxylation sites is 1. The molecule has 1 aromatic heterocycles. The molecule has 0 bridgehead atoms. The Balaban J connectivity index is 1.69. The van der Waals surface area contributed by atoms with Crippen LogP contribution >= 0.6 is 0 Å². The van der Waals surface area contributed by atoms with Crippen molar-refractivity contribution in [2.24, 2.45) is 0 Å². The molecule has 0 unspecified atom stereocenters. The van der Waals surface area contributed by atoms with Gasteiger partial charge in [-0.25, -0.2) is 4.39 Å². The SMILES string of the molecule is CCn1c(COc2ccccc2F)nnc1N1CCC(OC)CC1. The maximum Gasteiger partial charge on any atom is 0.227 e. The highest BCUT2D eigenvalue weighted by Crippen LogP contribution is 2.22. The van der Waals surface area contributed by atoms with Gasteiger partial charge in [0.15, 0.2) is 17.4 Å². The first kappa shape index (κ1) is 16.7. The first-order valence-corrected chi connectivity index (χ1v) is 8.30. The molecule has 2 aromatic rings. The van der Waals surface area contributed by atoms with E-state index in [1.54, 1.807) is 25.3 Å². The Hall–Kier alpha value is -2.15. The van der Waals surface area contributed by atoms with E-state index in [4.69, 9.17) is 9.47 Å². The standard InChI is InChI=1S/C17H23FN4O2/c1-3-22-16(12-24-15-7-5-4-6-14(15)18)19-20-17(22)21-10-8-13(23-2)9-11-21/h4-7,13H,3,8-12H2,1-2H3. The number of anilines is 1. The summed E-state index contributed by atoms with van der Waals surface area (Å²) < 4.78 is 26.6. The van der Waals surface area contributed by atoms with Crippen molar-refractivity contribution in [1.29, 1.82) is 0 Å². The van der Waals surface area contributed by atoms with Crippen molar-refractivity contribution in [3.8, 4) is 5.75 Å². The number of aromatic nitrogens is 3.